The molecule has 1 aliphatic rings. The third kappa shape index (κ3) is 1.20. The highest BCUT2D eigenvalue weighted by Gasteiger charge is 2.35. The number of rotatable bonds is 3. The molecule has 1 saturated heterocycles. The molecule has 0 amide bonds. The molecule has 0 saturated carbocycles. The highest BCUT2D eigenvalue weighted by molar-refractivity contribution is 4.82. The van der Waals surface area contributed by atoms with E-state index in [1.54, 1.807) is 0 Å². The van der Waals surface area contributed by atoms with Crippen LogP contribution in [0, 0.1) is 0 Å². The Balaban J connectivity index is 1.99. The SMILES string of the molecule is CC[C@H]1O[C@H]1CCN. The Kier molecular flexibility index (Phi) is 1.86. The van der Waals surface area contributed by atoms with Gasteiger partial charge in [0.1, 0.15) is 0 Å². The zero-order valence-corrected chi connectivity index (χ0v) is 5.26. The average Bonchev–Trinajstić information content (AvgIpc) is 2.48. The van der Waals surface area contributed by atoms with Gasteiger partial charge >= 0.3 is 0 Å². The lowest BCUT2D eigenvalue weighted by Crippen LogP contribution is -2.04. The molecule has 0 unspecified atom stereocenters. The summed E-state index contributed by atoms with van der Waals surface area (Å²) in [6.45, 7) is 2.91. The summed E-state index contributed by atoms with van der Waals surface area (Å²) >= 11 is 0. The van der Waals surface area contributed by atoms with Gasteiger partial charge in [-0.1, -0.05) is 6.92 Å². The minimum absolute atomic E-state index is 0.505. The van der Waals surface area contributed by atoms with Crippen molar-refractivity contribution in [2.24, 2.45) is 5.73 Å². The van der Waals surface area contributed by atoms with Crippen LogP contribution >= 0.6 is 0 Å². The quantitative estimate of drug-likeness (QED) is 0.544. The van der Waals surface area contributed by atoms with Gasteiger partial charge in [-0.3, -0.25) is 0 Å². The van der Waals surface area contributed by atoms with E-state index < -0.39 is 0 Å². The zero-order chi connectivity index (χ0) is 5.98. The first kappa shape index (κ1) is 6.05. The molecule has 2 atom stereocenters. The third-order valence-corrected chi connectivity index (χ3v) is 1.54. The van der Waals surface area contributed by atoms with Crippen LogP contribution in [0.5, 0.6) is 0 Å². The van der Waals surface area contributed by atoms with Gasteiger partial charge < -0.3 is 10.5 Å². The van der Waals surface area contributed by atoms with Crippen molar-refractivity contribution in [1.82, 2.24) is 0 Å². The minimum atomic E-state index is 0.505. The molecule has 1 aliphatic heterocycles. The standard InChI is InChI=1S/C6H13NO/c1-2-5-6(8-5)3-4-7/h5-6H,2-4,7H2,1H3/t5-,6+/m1/s1. The van der Waals surface area contributed by atoms with E-state index in [0.717, 1.165) is 19.4 Å². The lowest BCUT2D eigenvalue weighted by molar-refractivity contribution is 0.361. The third-order valence-electron chi connectivity index (χ3n) is 1.54. The molecule has 1 fully saturated rings. The Morgan fingerprint density at radius 2 is 2.25 bits per heavy atom. The first-order valence-electron chi connectivity index (χ1n) is 3.24. The van der Waals surface area contributed by atoms with Crippen LogP contribution in [0.4, 0.5) is 0 Å². The van der Waals surface area contributed by atoms with Crippen molar-refractivity contribution in [2.75, 3.05) is 6.54 Å². The van der Waals surface area contributed by atoms with Gasteiger partial charge in [-0.2, -0.15) is 0 Å². The molecule has 0 aromatic carbocycles. The van der Waals surface area contributed by atoms with Crippen LogP contribution in [-0.2, 0) is 4.74 Å². The van der Waals surface area contributed by atoms with E-state index in [0.29, 0.717) is 12.2 Å². The Morgan fingerprint density at radius 1 is 1.50 bits per heavy atom. The maximum atomic E-state index is 5.31. The molecule has 0 spiro atoms. The first-order chi connectivity index (χ1) is 3.88. The fourth-order valence-corrected chi connectivity index (χ4v) is 0.956. The van der Waals surface area contributed by atoms with E-state index in [2.05, 4.69) is 6.92 Å². The first-order valence-corrected chi connectivity index (χ1v) is 3.24. The Morgan fingerprint density at radius 3 is 2.62 bits per heavy atom. The molecule has 0 radical (unpaired) electrons. The summed E-state index contributed by atoms with van der Waals surface area (Å²) in [5, 5.41) is 0. The topological polar surface area (TPSA) is 38.5 Å². The van der Waals surface area contributed by atoms with Crippen molar-refractivity contribution in [3.8, 4) is 0 Å². The minimum Gasteiger partial charge on any atom is -0.370 e. The Hall–Kier alpha value is -0.0800. The fourth-order valence-electron chi connectivity index (χ4n) is 0.956. The summed E-state index contributed by atoms with van der Waals surface area (Å²) in [6, 6.07) is 0. The van der Waals surface area contributed by atoms with Gasteiger partial charge in [0, 0.05) is 0 Å². The lowest BCUT2D eigenvalue weighted by atomic mass is 10.2. The summed E-state index contributed by atoms with van der Waals surface area (Å²) in [4.78, 5) is 0. The van der Waals surface area contributed by atoms with Crippen molar-refractivity contribution >= 4 is 0 Å². The molecule has 2 heteroatoms. The van der Waals surface area contributed by atoms with Crippen molar-refractivity contribution in [3.05, 3.63) is 0 Å². The summed E-state index contributed by atoms with van der Waals surface area (Å²) in [6.07, 6.45) is 3.23. The van der Waals surface area contributed by atoms with Gasteiger partial charge in [0.25, 0.3) is 0 Å². The van der Waals surface area contributed by atoms with Crippen molar-refractivity contribution in [2.45, 2.75) is 32.0 Å². The van der Waals surface area contributed by atoms with E-state index in [4.69, 9.17) is 10.5 Å². The Bertz CT molecular complexity index is 74.9. The second-order valence-corrected chi connectivity index (χ2v) is 2.20. The van der Waals surface area contributed by atoms with Crippen LogP contribution in [0.2, 0.25) is 0 Å². The van der Waals surface area contributed by atoms with Gasteiger partial charge in [-0.05, 0) is 19.4 Å². The van der Waals surface area contributed by atoms with Crippen LogP contribution < -0.4 is 5.73 Å². The highest BCUT2D eigenvalue weighted by Crippen LogP contribution is 2.26. The van der Waals surface area contributed by atoms with Crippen LogP contribution in [-0.4, -0.2) is 18.8 Å². The summed E-state index contributed by atoms with van der Waals surface area (Å²) in [7, 11) is 0. The molecule has 0 aromatic heterocycles. The summed E-state index contributed by atoms with van der Waals surface area (Å²) in [5.41, 5.74) is 5.31. The van der Waals surface area contributed by atoms with E-state index in [1.165, 1.54) is 0 Å². The fraction of sp³-hybridized carbons (Fsp3) is 1.00. The van der Waals surface area contributed by atoms with E-state index in [-0.39, 0.29) is 0 Å². The van der Waals surface area contributed by atoms with E-state index in [1.807, 2.05) is 0 Å². The maximum Gasteiger partial charge on any atom is 0.0853 e. The van der Waals surface area contributed by atoms with Crippen molar-refractivity contribution in [3.63, 3.8) is 0 Å². The van der Waals surface area contributed by atoms with Crippen molar-refractivity contribution < 1.29 is 4.74 Å². The van der Waals surface area contributed by atoms with Gasteiger partial charge in [0.2, 0.25) is 0 Å². The Labute approximate surface area is 50.0 Å². The molecule has 0 aromatic rings. The second-order valence-electron chi connectivity index (χ2n) is 2.20. The smallest absolute Gasteiger partial charge is 0.0853 e. The number of epoxide rings is 1. The van der Waals surface area contributed by atoms with Crippen molar-refractivity contribution in [1.29, 1.82) is 0 Å². The predicted molar refractivity (Wildman–Crippen MR) is 32.6 cm³/mol. The monoisotopic (exact) mass is 115 g/mol. The molecule has 8 heavy (non-hydrogen) atoms. The molecule has 2 N–H and O–H groups in total. The molecule has 2 nitrogen and oxygen atoms in total. The number of nitrogens with two attached hydrogens (primary N) is 1. The zero-order valence-electron chi connectivity index (χ0n) is 5.26. The molecule has 1 rings (SSSR count). The average molecular weight is 115 g/mol. The van der Waals surface area contributed by atoms with Gasteiger partial charge in [0.05, 0.1) is 12.2 Å². The van der Waals surface area contributed by atoms with Crippen LogP contribution in [0.15, 0.2) is 0 Å². The summed E-state index contributed by atoms with van der Waals surface area (Å²) in [5.74, 6) is 0. The normalized spacial score (nSPS) is 35.2. The molecule has 48 valence electrons. The lowest BCUT2D eigenvalue weighted by Gasteiger charge is -1.84. The van der Waals surface area contributed by atoms with E-state index in [9.17, 15) is 0 Å². The number of hydrogen-bond donors (Lipinski definition) is 1. The van der Waals surface area contributed by atoms with Gasteiger partial charge in [-0.15, -0.1) is 0 Å². The van der Waals surface area contributed by atoms with Crippen LogP contribution in [0.1, 0.15) is 19.8 Å². The number of hydrogen-bond acceptors (Lipinski definition) is 2. The van der Waals surface area contributed by atoms with Gasteiger partial charge in [0.15, 0.2) is 0 Å². The second kappa shape index (κ2) is 2.46. The maximum absolute atomic E-state index is 5.31. The highest BCUT2D eigenvalue weighted by atomic mass is 16.6. The molecular formula is C6H13NO. The van der Waals surface area contributed by atoms with Gasteiger partial charge in [-0.25, -0.2) is 0 Å². The molecule has 0 bridgehead atoms. The van der Waals surface area contributed by atoms with Crippen LogP contribution in [0.3, 0.4) is 0 Å². The largest absolute Gasteiger partial charge is 0.370 e. The van der Waals surface area contributed by atoms with E-state index >= 15 is 0 Å². The molecular weight excluding hydrogens is 102 g/mol. The predicted octanol–water partition coefficient (Wildman–Crippen LogP) is 0.513. The summed E-state index contributed by atoms with van der Waals surface area (Å²) < 4.78 is 5.23. The molecule has 0 aliphatic carbocycles. The van der Waals surface area contributed by atoms with Crippen LogP contribution in [0.25, 0.3) is 0 Å². The molecule has 1 heterocycles. The number of ether oxygens (including phenoxy) is 1.